The lowest BCUT2D eigenvalue weighted by atomic mass is 9.88. The molecule has 7 nitrogen and oxygen atoms in total. The molecule has 198 valence electrons. The quantitative estimate of drug-likeness (QED) is 0.333. The number of aliphatic hydroxyl groups is 1. The molecule has 0 aliphatic heterocycles. The molecule has 0 saturated carbocycles. The summed E-state index contributed by atoms with van der Waals surface area (Å²) in [5.74, 6) is 0.195. The lowest BCUT2D eigenvalue weighted by Crippen LogP contribution is -2.19. The number of urea groups is 1. The lowest BCUT2D eigenvalue weighted by Gasteiger charge is -2.22. The van der Waals surface area contributed by atoms with Crippen LogP contribution in [-0.2, 0) is 23.1 Å². The Morgan fingerprint density at radius 1 is 0.946 bits per heavy atom. The molecule has 0 heterocycles. The van der Waals surface area contributed by atoms with Crippen LogP contribution in [0.25, 0.3) is 11.1 Å². The van der Waals surface area contributed by atoms with E-state index >= 15 is 0 Å². The summed E-state index contributed by atoms with van der Waals surface area (Å²) >= 11 is 0. The van der Waals surface area contributed by atoms with E-state index in [-0.39, 0.29) is 18.4 Å². The minimum atomic E-state index is -3.42. The van der Waals surface area contributed by atoms with Crippen molar-refractivity contribution in [2.45, 2.75) is 57.6 Å². The number of nitrogens with two attached hydrogens (primary N) is 1. The van der Waals surface area contributed by atoms with Crippen molar-refractivity contribution in [1.29, 1.82) is 0 Å². The third kappa shape index (κ3) is 7.26. The van der Waals surface area contributed by atoms with Crippen molar-refractivity contribution < 1.29 is 14.1 Å². The zero-order chi connectivity index (χ0) is 27.3. The first-order chi connectivity index (χ1) is 17.4. The molecule has 0 radical (unpaired) electrons. The highest BCUT2D eigenvalue weighted by Gasteiger charge is 2.20. The topological polar surface area (TPSA) is 108 Å². The van der Waals surface area contributed by atoms with Crippen LogP contribution in [0, 0.1) is 0 Å². The van der Waals surface area contributed by atoms with Gasteiger partial charge in [0, 0.05) is 12.2 Å². The Kier molecular flexibility index (Phi) is 9.26. The second kappa shape index (κ2) is 12.0. The lowest BCUT2D eigenvalue weighted by molar-refractivity contribution is 0.260. The number of benzene rings is 3. The van der Waals surface area contributed by atoms with Crippen molar-refractivity contribution in [1.82, 2.24) is 4.90 Å². The molecule has 3 rings (SSSR count). The Hall–Kier alpha value is -3.04. The molecule has 2 amide bonds. The van der Waals surface area contributed by atoms with Crippen LogP contribution < -0.4 is 10.5 Å². The third-order valence-corrected chi connectivity index (χ3v) is 7.48. The minimum Gasteiger partial charge on any atom is -0.392 e. The van der Waals surface area contributed by atoms with E-state index in [1.807, 2.05) is 67.5 Å². The van der Waals surface area contributed by atoms with Gasteiger partial charge in [0.15, 0.2) is 0 Å². The summed E-state index contributed by atoms with van der Waals surface area (Å²) in [6.45, 7) is 8.93. The van der Waals surface area contributed by atoms with Crippen molar-refractivity contribution in [2.75, 3.05) is 19.4 Å². The van der Waals surface area contributed by atoms with Crippen LogP contribution in [0.4, 0.5) is 10.5 Å². The first-order valence-corrected chi connectivity index (χ1v) is 14.0. The van der Waals surface area contributed by atoms with Gasteiger partial charge in [0.2, 0.25) is 0 Å². The van der Waals surface area contributed by atoms with E-state index < -0.39 is 15.9 Å². The maximum atomic E-state index is 13.2. The van der Waals surface area contributed by atoms with Crippen molar-refractivity contribution in [3.8, 4) is 11.1 Å². The van der Waals surface area contributed by atoms with Crippen LogP contribution in [0.5, 0.6) is 0 Å². The molecule has 0 aliphatic carbocycles. The molecule has 37 heavy (non-hydrogen) atoms. The molecule has 0 aliphatic rings. The summed E-state index contributed by atoms with van der Waals surface area (Å²) in [5, 5.41) is 18.5. The summed E-state index contributed by atoms with van der Waals surface area (Å²) < 4.78 is 17.1. The predicted molar refractivity (Wildman–Crippen MR) is 152 cm³/mol. The van der Waals surface area contributed by atoms with E-state index in [4.69, 9.17) is 5.14 Å². The molecule has 3 aromatic rings. The monoisotopic (exact) mass is 522 g/mol. The van der Waals surface area contributed by atoms with E-state index in [0.29, 0.717) is 10.6 Å². The van der Waals surface area contributed by atoms with E-state index in [0.717, 1.165) is 39.9 Å². The number of amides is 2. The second-order valence-electron chi connectivity index (χ2n) is 10.2. The zero-order valence-corrected chi connectivity index (χ0v) is 23.3. The number of anilines is 1. The molecule has 1 atom stereocenters. The number of carbonyl (C=O) groups is 1. The molecule has 0 saturated heterocycles. The van der Waals surface area contributed by atoms with E-state index in [2.05, 4.69) is 37.4 Å². The van der Waals surface area contributed by atoms with Crippen LogP contribution in [0.3, 0.4) is 0 Å². The van der Waals surface area contributed by atoms with Gasteiger partial charge in [0.05, 0.1) is 11.5 Å². The normalized spacial score (nSPS) is 13.2. The summed E-state index contributed by atoms with van der Waals surface area (Å²) in [7, 11) is 0.511. The van der Waals surface area contributed by atoms with Gasteiger partial charge in [0.25, 0.3) is 0 Å². The van der Waals surface area contributed by atoms with Gasteiger partial charge in [-0.3, -0.25) is 0 Å². The van der Waals surface area contributed by atoms with E-state index in [1.165, 1.54) is 0 Å². The van der Waals surface area contributed by atoms with Gasteiger partial charge in [-0.1, -0.05) is 58.0 Å². The van der Waals surface area contributed by atoms with Crippen LogP contribution in [0.2, 0.25) is 0 Å². The Balaban J connectivity index is 2.00. The highest BCUT2D eigenvalue weighted by atomic mass is 32.2. The molecule has 0 fully saturated rings. The summed E-state index contributed by atoms with van der Waals surface area (Å²) in [6.07, 6.45) is 0. The molecule has 3 aromatic carbocycles. The van der Waals surface area contributed by atoms with Crippen LogP contribution in [-0.4, -0.2) is 34.3 Å². The zero-order valence-electron chi connectivity index (χ0n) is 22.5. The summed E-state index contributed by atoms with van der Waals surface area (Å²) in [5.41, 5.74) is 6.40. The second-order valence-corrected chi connectivity index (χ2v) is 12.0. The highest BCUT2D eigenvalue weighted by Crippen LogP contribution is 2.37. The van der Waals surface area contributed by atoms with Gasteiger partial charge in [-0.05, 0) is 89.6 Å². The fourth-order valence-electron chi connectivity index (χ4n) is 4.22. The number of rotatable bonds is 8. The molecule has 0 aromatic heterocycles. The van der Waals surface area contributed by atoms with Crippen molar-refractivity contribution in [2.24, 2.45) is 9.50 Å². The maximum absolute atomic E-state index is 13.2. The fourth-order valence-corrected chi connectivity index (χ4v) is 5.14. The summed E-state index contributed by atoms with van der Waals surface area (Å²) in [4.78, 5) is 15.4. The maximum Gasteiger partial charge on any atom is 0.354 e. The average molecular weight is 523 g/mol. The van der Waals surface area contributed by atoms with Crippen LogP contribution in [0.15, 0.2) is 69.9 Å². The Morgan fingerprint density at radius 2 is 1.54 bits per heavy atom. The predicted octanol–water partition coefficient (Wildman–Crippen LogP) is 6.09. The highest BCUT2D eigenvalue weighted by molar-refractivity contribution is 7.91. The van der Waals surface area contributed by atoms with Gasteiger partial charge in [-0.15, -0.1) is 4.36 Å². The fraction of sp³-hybridized carbons (Fsp3) is 0.345. The first kappa shape index (κ1) is 28.5. The van der Waals surface area contributed by atoms with Crippen molar-refractivity contribution in [3.05, 3.63) is 82.9 Å². The summed E-state index contributed by atoms with van der Waals surface area (Å²) in [6, 6.07) is 18.1. The van der Waals surface area contributed by atoms with Gasteiger partial charge < -0.3 is 15.3 Å². The molecule has 4 N–H and O–H groups in total. The van der Waals surface area contributed by atoms with Crippen LogP contribution >= 0.6 is 0 Å². The number of nitrogens with zero attached hydrogens (tertiary/aromatic N) is 2. The van der Waals surface area contributed by atoms with E-state index in [1.54, 1.807) is 12.1 Å². The average Bonchev–Trinajstić information content (AvgIpc) is 2.83. The minimum absolute atomic E-state index is 0.0334. The molecule has 1 unspecified atom stereocenters. The van der Waals surface area contributed by atoms with Crippen molar-refractivity contribution >= 4 is 21.6 Å². The molecular formula is C29H38N4O3S. The number of hydrogen-bond acceptors (Lipinski definition) is 4. The Bertz CT molecular complexity index is 1340. The van der Waals surface area contributed by atoms with Crippen molar-refractivity contribution in [3.63, 3.8) is 0 Å². The number of aliphatic hydroxyl groups excluding tert-OH is 1. The standard InChI is InChI=1S/C29H38N4O3S/c1-19(2)26-15-24(23-9-7-8-22(14-23)18-34)16-27(20(3)4)28(26)31-29(35)32-37(30,36)25-12-10-21(11-13-25)17-33(5)6/h7-16,19-20,34H,17-18H2,1-6H3,(H3,30,31,32,35,36). The van der Waals surface area contributed by atoms with E-state index in [9.17, 15) is 14.1 Å². The molecule has 0 spiro atoms. The first-order valence-electron chi connectivity index (χ1n) is 12.4. The Labute approximate surface area is 221 Å². The molecule has 8 heteroatoms. The number of nitrogens with one attached hydrogen (secondary N) is 1. The van der Waals surface area contributed by atoms with Gasteiger partial charge in [-0.2, -0.15) is 0 Å². The van der Waals surface area contributed by atoms with Gasteiger partial charge in [-0.25, -0.2) is 14.1 Å². The molecule has 0 bridgehead atoms. The van der Waals surface area contributed by atoms with Gasteiger partial charge >= 0.3 is 6.03 Å². The number of carbonyl (C=O) groups excluding carboxylic acids is 1. The van der Waals surface area contributed by atoms with Gasteiger partial charge in [0.1, 0.15) is 9.92 Å². The third-order valence-electron chi connectivity index (χ3n) is 6.10. The van der Waals surface area contributed by atoms with Crippen LogP contribution in [0.1, 0.15) is 61.8 Å². The smallest absolute Gasteiger partial charge is 0.354 e. The number of hydrogen-bond donors (Lipinski definition) is 3. The SMILES string of the molecule is CC(C)c1cc(-c2cccc(CO)c2)cc(C(C)C)c1NC(=O)N=S(N)(=O)c1ccc(CN(C)C)cc1. The Morgan fingerprint density at radius 3 is 2.05 bits per heavy atom. The largest absolute Gasteiger partial charge is 0.392 e. The molecular weight excluding hydrogens is 484 g/mol.